The van der Waals surface area contributed by atoms with E-state index >= 15 is 0 Å². The van der Waals surface area contributed by atoms with Crippen LogP contribution in [0.2, 0.25) is 0 Å². The molecule has 22 heavy (non-hydrogen) atoms. The second-order valence-electron chi connectivity index (χ2n) is 5.05. The SMILES string of the molecule is Cc1cc(/C=C/C(=O)c2ccc(-n3ccnc3)cc2)n(C)n1. The number of ketones is 1. The van der Waals surface area contributed by atoms with Crippen molar-refractivity contribution >= 4 is 11.9 Å². The Morgan fingerprint density at radius 2 is 2.00 bits per heavy atom. The molecule has 0 aliphatic carbocycles. The van der Waals surface area contributed by atoms with Crippen molar-refractivity contribution in [3.05, 3.63) is 72.1 Å². The van der Waals surface area contributed by atoms with Gasteiger partial charge in [0.15, 0.2) is 5.78 Å². The van der Waals surface area contributed by atoms with E-state index in [1.165, 1.54) is 0 Å². The van der Waals surface area contributed by atoms with E-state index in [0.717, 1.165) is 17.1 Å². The number of nitrogens with zero attached hydrogens (tertiary/aromatic N) is 4. The van der Waals surface area contributed by atoms with E-state index in [4.69, 9.17) is 0 Å². The highest BCUT2D eigenvalue weighted by Gasteiger charge is 2.04. The predicted octanol–water partition coefficient (Wildman–Crippen LogP) is 2.81. The number of carbonyl (C=O) groups excluding carboxylic acids is 1. The minimum Gasteiger partial charge on any atom is -0.306 e. The summed E-state index contributed by atoms with van der Waals surface area (Å²) >= 11 is 0. The molecule has 0 spiro atoms. The second kappa shape index (κ2) is 5.81. The maximum absolute atomic E-state index is 12.2. The summed E-state index contributed by atoms with van der Waals surface area (Å²) in [6.07, 6.45) is 8.66. The Labute approximate surface area is 128 Å². The summed E-state index contributed by atoms with van der Waals surface area (Å²) in [5.74, 6) is -0.0314. The minimum atomic E-state index is -0.0314. The van der Waals surface area contributed by atoms with Crippen molar-refractivity contribution < 1.29 is 4.79 Å². The van der Waals surface area contributed by atoms with Gasteiger partial charge in [-0.25, -0.2) is 4.98 Å². The quantitative estimate of drug-likeness (QED) is 0.549. The van der Waals surface area contributed by atoms with Crippen LogP contribution >= 0.6 is 0 Å². The fraction of sp³-hybridized carbons (Fsp3) is 0.118. The zero-order chi connectivity index (χ0) is 15.5. The number of allylic oxidation sites excluding steroid dienone is 1. The van der Waals surface area contributed by atoms with Crippen molar-refractivity contribution in [3.63, 3.8) is 0 Å². The summed E-state index contributed by atoms with van der Waals surface area (Å²) in [7, 11) is 1.86. The Morgan fingerprint density at radius 3 is 2.59 bits per heavy atom. The smallest absolute Gasteiger partial charge is 0.185 e. The fourth-order valence-electron chi connectivity index (χ4n) is 2.25. The van der Waals surface area contributed by atoms with Gasteiger partial charge >= 0.3 is 0 Å². The molecule has 0 aliphatic rings. The van der Waals surface area contributed by atoms with Crippen LogP contribution < -0.4 is 0 Å². The van der Waals surface area contributed by atoms with Gasteiger partial charge in [-0.05, 0) is 49.4 Å². The molecule has 0 bridgehead atoms. The van der Waals surface area contributed by atoms with E-state index in [0.29, 0.717) is 5.56 Å². The molecule has 2 heterocycles. The lowest BCUT2D eigenvalue weighted by Gasteiger charge is -2.02. The molecule has 0 unspecified atom stereocenters. The maximum atomic E-state index is 12.2. The molecule has 0 atom stereocenters. The van der Waals surface area contributed by atoms with E-state index in [-0.39, 0.29) is 5.78 Å². The fourth-order valence-corrected chi connectivity index (χ4v) is 2.25. The molecule has 2 aromatic heterocycles. The second-order valence-corrected chi connectivity index (χ2v) is 5.05. The number of rotatable bonds is 4. The Morgan fingerprint density at radius 1 is 1.23 bits per heavy atom. The third kappa shape index (κ3) is 2.88. The largest absolute Gasteiger partial charge is 0.306 e. The van der Waals surface area contributed by atoms with Gasteiger partial charge in [0, 0.05) is 30.7 Å². The summed E-state index contributed by atoms with van der Waals surface area (Å²) in [6, 6.07) is 9.37. The highest BCUT2D eigenvalue weighted by atomic mass is 16.1. The van der Waals surface area contributed by atoms with Gasteiger partial charge in [-0.15, -0.1) is 0 Å². The molecule has 3 rings (SSSR count). The van der Waals surface area contributed by atoms with Gasteiger partial charge in [0.2, 0.25) is 0 Å². The molecule has 0 aliphatic heterocycles. The first kappa shape index (κ1) is 14.0. The third-order valence-electron chi connectivity index (χ3n) is 3.40. The molecule has 3 aromatic rings. The van der Waals surface area contributed by atoms with Gasteiger partial charge in [0.25, 0.3) is 0 Å². The molecule has 0 saturated carbocycles. The van der Waals surface area contributed by atoms with Crippen molar-refractivity contribution in [2.24, 2.45) is 7.05 Å². The molecule has 0 N–H and O–H groups in total. The molecule has 0 radical (unpaired) electrons. The van der Waals surface area contributed by atoms with Crippen LogP contribution in [0, 0.1) is 6.92 Å². The van der Waals surface area contributed by atoms with Crippen LogP contribution in [0.5, 0.6) is 0 Å². The van der Waals surface area contributed by atoms with Crippen LogP contribution in [0.4, 0.5) is 0 Å². The zero-order valence-corrected chi connectivity index (χ0v) is 12.5. The Bertz CT molecular complexity index is 811. The number of imidazole rings is 1. The summed E-state index contributed by atoms with van der Waals surface area (Å²) in [5.41, 5.74) is 3.46. The highest BCUT2D eigenvalue weighted by molar-refractivity contribution is 6.06. The molecule has 110 valence electrons. The minimum absolute atomic E-state index is 0.0314. The van der Waals surface area contributed by atoms with Crippen molar-refractivity contribution in [3.8, 4) is 5.69 Å². The maximum Gasteiger partial charge on any atom is 0.185 e. The van der Waals surface area contributed by atoms with Crippen LogP contribution in [-0.2, 0) is 7.05 Å². The topological polar surface area (TPSA) is 52.7 Å². The first-order valence-electron chi connectivity index (χ1n) is 6.95. The Hall–Kier alpha value is -2.95. The number of benzene rings is 1. The molecule has 0 fully saturated rings. The molecule has 0 saturated heterocycles. The van der Waals surface area contributed by atoms with E-state index in [2.05, 4.69) is 10.1 Å². The van der Waals surface area contributed by atoms with Gasteiger partial charge < -0.3 is 4.57 Å². The lowest BCUT2D eigenvalue weighted by molar-refractivity contribution is 0.104. The average molecular weight is 292 g/mol. The molecule has 5 nitrogen and oxygen atoms in total. The van der Waals surface area contributed by atoms with Gasteiger partial charge in [0.1, 0.15) is 0 Å². The lowest BCUT2D eigenvalue weighted by Crippen LogP contribution is -1.97. The Balaban J connectivity index is 1.76. The van der Waals surface area contributed by atoms with E-state index in [9.17, 15) is 4.79 Å². The number of aromatic nitrogens is 4. The van der Waals surface area contributed by atoms with Crippen LogP contribution in [-0.4, -0.2) is 25.1 Å². The summed E-state index contributed by atoms with van der Waals surface area (Å²) in [4.78, 5) is 16.2. The molecular weight excluding hydrogens is 276 g/mol. The number of aryl methyl sites for hydroxylation is 2. The number of hydrogen-bond acceptors (Lipinski definition) is 3. The number of carbonyl (C=O) groups is 1. The van der Waals surface area contributed by atoms with Crippen molar-refractivity contribution in [1.82, 2.24) is 19.3 Å². The van der Waals surface area contributed by atoms with Gasteiger partial charge in [0.05, 0.1) is 17.7 Å². The Kier molecular flexibility index (Phi) is 3.70. The monoisotopic (exact) mass is 292 g/mol. The molecule has 0 amide bonds. The predicted molar refractivity (Wildman–Crippen MR) is 84.9 cm³/mol. The summed E-state index contributed by atoms with van der Waals surface area (Å²) < 4.78 is 3.64. The van der Waals surface area contributed by atoms with Crippen LogP contribution in [0.3, 0.4) is 0 Å². The van der Waals surface area contributed by atoms with Crippen molar-refractivity contribution in [2.45, 2.75) is 6.92 Å². The van der Waals surface area contributed by atoms with Crippen LogP contribution in [0.25, 0.3) is 11.8 Å². The van der Waals surface area contributed by atoms with E-state index in [1.807, 2.05) is 55.1 Å². The molecular formula is C17H16N4O. The van der Waals surface area contributed by atoms with Crippen molar-refractivity contribution in [1.29, 1.82) is 0 Å². The molecule has 5 heteroatoms. The van der Waals surface area contributed by atoms with Crippen LogP contribution in [0.15, 0.2) is 55.1 Å². The lowest BCUT2D eigenvalue weighted by atomic mass is 10.1. The summed E-state index contributed by atoms with van der Waals surface area (Å²) in [6.45, 7) is 1.92. The standard InChI is InChI=1S/C17H16N4O/c1-13-11-16(20(2)19-13)7-8-17(22)14-3-5-15(6-4-14)21-10-9-18-12-21/h3-12H,1-2H3/b8-7+. The van der Waals surface area contributed by atoms with Gasteiger partial charge in [-0.2, -0.15) is 5.10 Å². The van der Waals surface area contributed by atoms with Crippen molar-refractivity contribution in [2.75, 3.05) is 0 Å². The normalized spacial score (nSPS) is 11.2. The van der Waals surface area contributed by atoms with Gasteiger partial charge in [-0.3, -0.25) is 9.48 Å². The third-order valence-corrected chi connectivity index (χ3v) is 3.40. The average Bonchev–Trinajstić information content (AvgIpc) is 3.15. The number of hydrogen-bond donors (Lipinski definition) is 0. The van der Waals surface area contributed by atoms with Gasteiger partial charge in [-0.1, -0.05) is 0 Å². The highest BCUT2D eigenvalue weighted by Crippen LogP contribution is 2.11. The zero-order valence-electron chi connectivity index (χ0n) is 12.5. The van der Waals surface area contributed by atoms with Crippen LogP contribution in [0.1, 0.15) is 21.7 Å². The first-order valence-corrected chi connectivity index (χ1v) is 6.95. The van der Waals surface area contributed by atoms with E-state index < -0.39 is 0 Å². The van der Waals surface area contributed by atoms with E-state index in [1.54, 1.807) is 29.4 Å². The molecule has 1 aromatic carbocycles. The first-order chi connectivity index (χ1) is 10.6. The summed E-state index contributed by atoms with van der Waals surface area (Å²) in [5, 5.41) is 4.25.